The number of benzene rings is 2. The van der Waals surface area contributed by atoms with E-state index in [0.29, 0.717) is 11.4 Å². The number of aromatic amines is 2. The van der Waals surface area contributed by atoms with Crippen molar-refractivity contribution in [1.82, 2.24) is 30.5 Å². The van der Waals surface area contributed by atoms with Gasteiger partial charge in [-0.1, -0.05) is 30.3 Å². The third kappa shape index (κ3) is 3.48. The molecule has 0 bridgehead atoms. The van der Waals surface area contributed by atoms with E-state index >= 15 is 0 Å². The number of rotatable bonds is 5. The number of imidazole rings is 1. The van der Waals surface area contributed by atoms with E-state index in [1.54, 1.807) is 13.3 Å². The Kier molecular flexibility index (Phi) is 4.59. The smallest absolute Gasteiger partial charge is 0.287 e. The van der Waals surface area contributed by atoms with Crippen LogP contribution in [0.2, 0.25) is 0 Å². The molecular formula is C23H20N6O2. The second kappa shape index (κ2) is 7.56. The Morgan fingerprint density at radius 2 is 1.94 bits per heavy atom. The summed E-state index contributed by atoms with van der Waals surface area (Å²) in [6.45, 7) is 1.94. The van der Waals surface area contributed by atoms with Crippen molar-refractivity contribution in [3.05, 3.63) is 72.2 Å². The van der Waals surface area contributed by atoms with Gasteiger partial charge in [-0.3, -0.25) is 9.89 Å². The van der Waals surface area contributed by atoms with E-state index in [1.807, 2.05) is 61.5 Å². The molecule has 0 aliphatic rings. The molecule has 0 saturated heterocycles. The predicted octanol–water partition coefficient (Wildman–Crippen LogP) is 4.00. The number of aromatic nitrogens is 5. The lowest BCUT2D eigenvalue weighted by molar-refractivity contribution is 0.0930. The second-order valence-electron chi connectivity index (χ2n) is 7.27. The van der Waals surface area contributed by atoms with Crippen LogP contribution in [-0.4, -0.2) is 38.2 Å². The van der Waals surface area contributed by atoms with E-state index in [4.69, 9.17) is 4.74 Å². The van der Waals surface area contributed by atoms with Crippen molar-refractivity contribution in [2.24, 2.45) is 0 Å². The van der Waals surface area contributed by atoms with Crippen molar-refractivity contribution in [3.63, 3.8) is 0 Å². The van der Waals surface area contributed by atoms with Gasteiger partial charge in [0.25, 0.3) is 5.91 Å². The van der Waals surface area contributed by atoms with Gasteiger partial charge >= 0.3 is 0 Å². The number of hydrogen-bond acceptors (Lipinski definition) is 5. The number of pyridine rings is 1. The van der Waals surface area contributed by atoms with Gasteiger partial charge in [0.05, 0.1) is 29.7 Å². The first-order chi connectivity index (χ1) is 15.1. The summed E-state index contributed by atoms with van der Waals surface area (Å²) in [6, 6.07) is 17.2. The van der Waals surface area contributed by atoms with Crippen molar-refractivity contribution < 1.29 is 9.53 Å². The number of nitrogens with one attached hydrogen (secondary N) is 3. The molecule has 0 aliphatic carbocycles. The minimum atomic E-state index is -0.256. The van der Waals surface area contributed by atoms with E-state index in [1.165, 1.54) is 0 Å². The van der Waals surface area contributed by atoms with Gasteiger partial charge in [0.2, 0.25) is 5.88 Å². The molecule has 0 aliphatic heterocycles. The fourth-order valence-electron chi connectivity index (χ4n) is 3.61. The molecule has 0 radical (unpaired) electrons. The Hall–Kier alpha value is -4.20. The monoisotopic (exact) mass is 412 g/mol. The van der Waals surface area contributed by atoms with Gasteiger partial charge < -0.3 is 15.0 Å². The minimum Gasteiger partial charge on any atom is -0.481 e. The summed E-state index contributed by atoms with van der Waals surface area (Å²) in [6.07, 6.45) is 1.68. The van der Waals surface area contributed by atoms with Crippen LogP contribution in [0.4, 0.5) is 0 Å². The highest BCUT2D eigenvalue weighted by Crippen LogP contribution is 2.30. The average Bonchev–Trinajstić information content (AvgIpc) is 3.41. The second-order valence-corrected chi connectivity index (χ2v) is 7.27. The highest BCUT2D eigenvalue weighted by molar-refractivity contribution is 6.02. The number of nitrogens with zero attached hydrogens (tertiary/aromatic N) is 3. The fourth-order valence-corrected chi connectivity index (χ4v) is 3.61. The van der Waals surface area contributed by atoms with Gasteiger partial charge in [0.1, 0.15) is 5.69 Å². The molecular weight excluding hydrogens is 392 g/mol. The molecule has 0 saturated carbocycles. The number of carbonyl (C=O) groups excluding carboxylic acids is 1. The normalized spacial score (nSPS) is 12.2. The Morgan fingerprint density at radius 3 is 2.74 bits per heavy atom. The summed E-state index contributed by atoms with van der Waals surface area (Å²) >= 11 is 0. The van der Waals surface area contributed by atoms with E-state index in [2.05, 4.69) is 30.5 Å². The summed E-state index contributed by atoms with van der Waals surface area (Å²) in [5, 5.41) is 11.4. The first-order valence-corrected chi connectivity index (χ1v) is 9.86. The summed E-state index contributed by atoms with van der Waals surface area (Å²) < 4.78 is 5.22. The number of H-pyrrole nitrogens is 2. The number of amides is 1. The Morgan fingerprint density at radius 1 is 1.10 bits per heavy atom. The van der Waals surface area contributed by atoms with Gasteiger partial charge in [-0.25, -0.2) is 9.97 Å². The molecule has 5 rings (SSSR count). The van der Waals surface area contributed by atoms with Crippen LogP contribution in [-0.2, 0) is 0 Å². The van der Waals surface area contributed by atoms with E-state index < -0.39 is 0 Å². The van der Waals surface area contributed by atoms with Gasteiger partial charge in [0.15, 0.2) is 5.82 Å². The molecule has 3 heterocycles. The number of methoxy groups -OCH3 is 1. The molecule has 8 heteroatoms. The third-order valence-corrected chi connectivity index (χ3v) is 5.24. The number of fused-ring (bicyclic) bond motifs is 2. The van der Waals surface area contributed by atoms with Crippen LogP contribution in [0.5, 0.6) is 5.88 Å². The van der Waals surface area contributed by atoms with Crippen LogP contribution in [0.3, 0.4) is 0 Å². The predicted molar refractivity (Wildman–Crippen MR) is 118 cm³/mol. The maximum absolute atomic E-state index is 12.7. The zero-order chi connectivity index (χ0) is 21.4. The molecule has 0 spiro atoms. The Balaban J connectivity index is 1.48. The molecule has 1 atom stereocenters. The third-order valence-electron chi connectivity index (χ3n) is 5.24. The van der Waals surface area contributed by atoms with Gasteiger partial charge in [0, 0.05) is 23.2 Å². The lowest BCUT2D eigenvalue weighted by atomic mass is 10.1. The van der Waals surface area contributed by atoms with Crippen molar-refractivity contribution in [2.75, 3.05) is 7.11 Å². The van der Waals surface area contributed by atoms with Crippen molar-refractivity contribution in [3.8, 4) is 17.1 Å². The largest absolute Gasteiger partial charge is 0.481 e. The van der Waals surface area contributed by atoms with Crippen molar-refractivity contribution >= 4 is 27.8 Å². The molecule has 2 aromatic carbocycles. The maximum atomic E-state index is 12.7. The Labute approximate surface area is 177 Å². The van der Waals surface area contributed by atoms with Crippen LogP contribution in [0.1, 0.15) is 29.1 Å². The van der Waals surface area contributed by atoms with Crippen LogP contribution >= 0.6 is 0 Å². The zero-order valence-corrected chi connectivity index (χ0v) is 17.0. The molecule has 154 valence electrons. The quantitative estimate of drug-likeness (QED) is 0.404. The molecule has 31 heavy (non-hydrogen) atoms. The molecule has 3 aromatic heterocycles. The van der Waals surface area contributed by atoms with Crippen molar-refractivity contribution in [1.29, 1.82) is 0 Å². The molecule has 3 N–H and O–H groups in total. The first-order valence-electron chi connectivity index (χ1n) is 9.86. The highest BCUT2D eigenvalue weighted by Gasteiger charge is 2.17. The van der Waals surface area contributed by atoms with Gasteiger partial charge in [-0.15, -0.1) is 0 Å². The molecule has 0 fully saturated rings. The molecule has 1 amide bonds. The molecule has 5 aromatic rings. The lowest BCUT2D eigenvalue weighted by Gasteiger charge is -2.12. The van der Waals surface area contributed by atoms with Crippen LogP contribution < -0.4 is 10.1 Å². The average molecular weight is 412 g/mol. The topological polar surface area (TPSA) is 109 Å². The van der Waals surface area contributed by atoms with Crippen LogP contribution in [0.25, 0.3) is 33.2 Å². The summed E-state index contributed by atoms with van der Waals surface area (Å²) in [5.74, 6) is 0.528. The number of carbonyl (C=O) groups is 1. The van der Waals surface area contributed by atoms with Gasteiger partial charge in [-0.2, -0.15) is 5.10 Å². The lowest BCUT2D eigenvalue weighted by Crippen LogP contribution is -2.27. The van der Waals surface area contributed by atoms with Crippen molar-refractivity contribution in [2.45, 2.75) is 13.0 Å². The van der Waals surface area contributed by atoms with E-state index in [0.717, 1.165) is 33.2 Å². The van der Waals surface area contributed by atoms with Crippen LogP contribution in [0, 0.1) is 0 Å². The number of ether oxygens (including phenoxy) is 1. The van der Waals surface area contributed by atoms with Gasteiger partial charge in [-0.05, 0) is 30.7 Å². The summed E-state index contributed by atoms with van der Waals surface area (Å²) in [4.78, 5) is 24.5. The summed E-state index contributed by atoms with van der Waals surface area (Å²) in [5.41, 5.74) is 4.96. The first kappa shape index (κ1) is 18.8. The number of hydrogen-bond donors (Lipinski definition) is 3. The van der Waals surface area contributed by atoms with Crippen LogP contribution in [0.15, 0.2) is 60.8 Å². The standard InChI is InChI=1S/C23H20N6O2/c1-13(14-6-4-3-5-7-14)25-23(30)22-26-18-11-16-17(12-19(18)27-22)28-29-21(16)15-8-9-24-20(10-15)31-2/h3-13H,1-2H3,(H,25,30)(H,26,27)(H,28,29)/t13-/m1/s1. The Bertz CT molecular complexity index is 1390. The highest BCUT2D eigenvalue weighted by atomic mass is 16.5. The van der Waals surface area contributed by atoms with E-state index in [9.17, 15) is 4.79 Å². The fraction of sp³-hybridized carbons (Fsp3) is 0.130. The molecule has 0 unspecified atom stereocenters. The maximum Gasteiger partial charge on any atom is 0.287 e. The molecule has 8 nitrogen and oxygen atoms in total. The SMILES string of the molecule is COc1cc(-c2n[nH]c3cc4[nH]c(C(=O)N[C@H](C)c5ccccc5)nc4cc23)ccn1. The zero-order valence-electron chi connectivity index (χ0n) is 17.0. The minimum absolute atomic E-state index is 0.131. The van der Waals surface area contributed by atoms with E-state index in [-0.39, 0.29) is 17.8 Å². The summed E-state index contributed by atoms with van der Waals surface area (Å²) in [7, 11) is 1.58.